The Kier molecular flexibility index (Phi) is 1.94. The van der Waals surface area contributed by atoms with Crippen molar-refractivity contribution < 1.29 is 0 Å². The average molecular weight is 167 g/mol. The van der Waals surface area contributed by atoms with Crippen molar-refractivity contribution in [2.45, 2.75) is 0 Å². The Morgan fingerprint density at radius 2 is 1.75 bits per heavy atom. The summed E-state index contributed by atoms with van der Waals surface area (Å²) < 4.78 is 0. The molecule has 1 aliphatic heterocycles. The molecule has 0 radical (unpaired) electrons. The van der Waals surface area contributed by atoms with Crippen LogP contribution in [0, 0.1) is 0 Å². The van der Waals surface area contributed by atoms with E-state index in [0.29, 0.717) is 0 Å². The standard InChI is InChI=1S/C3H4Cl2N2Si/c4-8(5)3-6-1-2-7-3/h1-2,6-7H. The summed E-state index contributed by atoms with van der Waals surface area (Å²) in [6.07, 6.45) is 3.51. The van der Waals surface area contributed by atoms with Crippen LogP contribution in [-0.4, -0.2) is 12.4 Å². The molecule has 44 valence electrons. The first kappa shape index (κ1) is 6.13. The molecule has 0 saturated heterocycles. The molecular weight excluding hydrogens is 163 g/mol. The van der Waals surface area contributed by atoms with Gasteiger partial charge >= 0.3 is 0 Å². The van der Waals surface area contributed by atoms with Gasteiger partial charge in [0, 0.05) is 12.4 Å². The molecule has 0 bridgehead atoms. The highest BCUT2D eigenvalue weighted by Crippen LogP contribution is 1.88. The van der Waals surface area contributed by atoms with E-state index in [1.54, 1.807) is 12.4 Å². The van der Waals surface area contributed by atoms with Gasteiger partial charge in [-0.25, -0.2) is 0 Å². The highest BCUT2D eigenvalue weighted by molar-refractivity contribution is 7.35. The molecule has 0 aromatic heterocycles. The number of hydrogen-bond donors (Lipinski definition) is 2. The van der Waals surface area contributed by atoms with Gasteiger partial charge in [-0.1, -0.05) is 0 Å². The molecule has 0 saturated carbocycles. The quantitative estimate of drug-likeness (QED) is 0.400. The third-order valence-corrected chi connectivity index (χ3v) is 2.53. The first-order valence-electron chi connectivity index (χ1n) is 2.04. The van der Waals surface area contributed by atoms with Gasteiger partial charge < -0.3 is 10.6 Å². The molecule has 0 fully saturated rings. The maximum Gasteiger partial charge on any atom is 0.277 e. The predicted octanol–water partition coefficient (Wildman–Crippen LogP) is 0.285. The van der Waals surface area contributed by atoms with Crippen LogP contribution in [0.4, 0.5) is 0 Å². The van der Waals surface area contributed by atoms with Crippen molar-refractivity contribution in [1.29, 1.82) is 0 Å². The molecular formula is C3H4Cl2N2Si. The first-order valence-corrected chi connectivity index (χ1v) is 5.56. The number of halogens is 2. The second kappa shape index (κ2) is 2.52. The molecule has 2 nitrogen and oxygen atoms in total. The normalized spacial score (nSPS) is 15.5. The molecule has 0 unspecified atom stereocenters. The zero-order chi connectivity index (χ0) is 5.98. The summed E-state index contributed by atoms with van der Waals surface area (Å²) in [5, 5.41) is 5.72. The van der Waals surface area contributed by atoms with Crippen LogP contribution in [0.2, 0.25) is 0 Å². The second-order valence-corrected chi connectivity index (χ2v) is 5.13. The lowest BCUT2D eigenvalue weighted by Gasteiger charge is -1.95. The van der Waals surface area contributed by atoms with Gasteiger partial charge in [-0.3, -0.25) is 0 Å². The maximum absolute atomic E-state index is 5.55. The van der Waals surface area contributed by atoms with Gasteiger partial charge in [-0.05, 0) is 0 Å². The molecule has 0 atom stereocenters. The fraction of sp³-hybridized carbons (Fsp3) is 0. The summed E-state index contributed by atoms with van der Waals surface area (Å²) in [7, 11) is -1.34. The van der Waals surface area contributed by atoms with Gasteiger partial charge in [0.1, 0.15) is 5.42 Å². The van der Waals surface area contributed by atoms with Crippen LogP contribution in [0.5, 0.6) is 0 Å². The van der Waals surface area contributed by atoms with Gasteiger partial charge in [0.15, 0.2) is 0 Å². The Labute approximate surface area is 58.1 Å². The van der Waals surface area contributed by atoms with Gasteiger partial charge in [0.2, 0.25) is 0 Å². The van der Waals surface area contributed by atoms with Crippen LogP contribution in [0.25, 0.3) is 0 Å². The van der Waals surface area contributed by atoms with E-state index in [-0.39, 0.29) is 0 Å². The molecule has 1 aliphatic rings. The summed E-state index contributed by atoms with van der Waals surface area (Å²) in [5.41, 5.74) is 0.818. The van der Waals surface area contributed by atoms with Crippen LogP contribution in [-0.2, 0) is 0 Å². The lowest BCUT2D eigenvalue weighted by molar-refractivity contribution is 1.28. The van der Waals surface area contributed by atoms with Crippen molar-refractivity contribution in [3.05, 3.63) is 12.4 Å². The fourth-order valence-electron chi connectivity index (χ4n) is 0.401. The molecule has 0 amide bonds. The van der Waals surface area contributed by atoms with Crippen LogP contribution in [0.15, 0.2) is 12.4 Å². The Balaban J connectivity index is 2.64. The van der Waals surface area contributed by atoms with Gasteiger partial charge in [0.25, 0.3) is 7.03 Å². The minimum atomic E-state index is -1.34. The van der Waals surface area contributed by atoms with Crippen LogP contribution in [0.1, 0.15) is 0 Å². The van der Waals surface area contributed by atoms with Crippen LogP contribution >= 0.6 is 22.2 Å². The van der Waals surface area contributed by atoms with E-state index >= 15 is 0 Å². The zero-order valence-corrected chi connectivity index (χ0v) is 6.42. The summed E-state index contributed by atoms with van der Waals surface area (Å²) in [4.78, 5) is 0. The van der Waals surface area contributed by atoms with Gasteiger partial charge in [-0.15, -0.1) is 22.2 Å². The summed E-state index contributed by atoms with van der Waals surface area (Å²) >= 11 is 11.1. The predicted molar refractivity (Wildman–Crippen MR) is 37.9 cm³/mol. The van der Waals surface area contributed by atoms with Gasteiger partial charge in [0.05, 0.1) is 0 Å². The monoisotopic (exact) mass is 166 g/mol. The molecule has 1 heterocycles. The topological polar surface area (TPSA) is 24.1 Å². The third-order valence-electron chi connectivity index (χ3n) is 0.728. The summed E-state index contributed by atoms with van der Waals surface area (Å²) in [5.74, 6) is 0. The summed E-state index contributed by atoms with van der Waals surface area (Å²) in [6.45, 7) is 0. The van der Waals surface area contributed by atoms with E-state index in [2.05, 4.69) is 10.6 Å². The SMILES string of the molecule is Cl[Si](Cl)=C1NC=CN1. The maximum atomic E-state index is 5.55. The lowest BCUT2D eigenvalue weighted by atomic mass is 11.0. The average Bonchev–Trinajstić information content (AvgIpc) is 2.12. The third kappa shape index (κ3) is 1.24. The Morgan fingerprint density at radius 3 is 2.00 bits per heavy atom. The Bertz CT molecular complexity index is 139. The van der Waals surface area contributed by atoms with Crippen molar-refractivity contribution in [3.63, 3.8) is 0 Å². The van der Waals surface area contributed by atoms with Crippen LogP contribution in [0.3, 0.4) is 0 Å². The molecule has 2 N–H and O–H groups in total. The zero-order valence-electron chi connectivity index (χ0n) is 3.91. The molecule has 8 heavy (non-hydrogen) atoms. The molecule has 0 aliphatic carbocycles. The van der Waals surface area contributed by atoms with E-state index in [1.807, 2.05) is 0 Å². The van der Waals surface area contributed by atoms with Crippen molar-refractivity contribution in [1.82, 2.24) is 10.6 Å². The Morgan fingerprint density at radius 1 is 1.25 bits per heavy atom. The number of rotatable bonds is 0. The van der Waals surface area contributed by atoms with E-state index in [1.165, 1.54) is 0 Å². The largest absolute Gasteiger partial charge is 0.349 e. The van der Waals surface area contributed by atoms with E-state index in [0.717, 1.165) is 5.42 Å². The van der Waals surface area contributed by atoms with Crippen molar-refractivity contribution >= 4 is 34.6 Å². The highest BCUT2D eigenvalue weighted by atomic mass is 35.7. The van der Waals surface area contributed by atoms with Crippen molar-refractivity contribution in [3.8, 4) is 0 Å². The van der Waals surface area contributed by atoms with E-state index in [9.17, 15) is 0 Å². The molecule has 0 aromatic rings. The van der Waals surface area contributed by atoms with Gasteiger partial charge in [-0.2, -0.15) is 0 Å². The molecule has 1 rings (SSSR count). The summed E-state index contributed by atoms with van der Waals surface area (Å²) in [6, 6.07) is 0. The molecule has 5 heteroatoms. The Hall–Kier alpha value is 0.00688. The van der Waals surface area contributed by atoms with Crippen molar-refractivity contribution in [2.75, 3.05) is 0 Å². The first-order chi connectivity index (χ1) is 3.80. The van der Waals surface area contributed by atoms with E-state index in [4.69, 9.17) is 22.2 Å². The second-order valence-electron chi connectivity index (χ2n) is 1.26. The lowest BCUT2D eigenvalue weighted by Crippen LogP contribution is -2.28. The molecule has 0 spiro atoms. The molecule has 0 aromatic carbocycles. The van der Waals surface area contributed by atoms with Crippen LogP contribution < -0.4 is 10.6 Å². The van der Waals surface area contributed by atoms with Crippen molar-refractivity contribution in [2.24, 2.45) is 0 Å². The number of hydrogen-bond acceptors (Lipinski definition) is 2. The minimum Gasteiger partial charge on any atom is -0.349 e. The highest BCUT2D eigenvalue weighted by Gasteiger charge is 2.01. The fourth-order valence-corrected chi connectivity index (χ4v) is 1.44. The smallest absolute Gasteiger partial charge is 0.277 e. The van der Waals surface area contributed by atoms with E-state index < -0.39 is 7.03 Å². The minimum absolute atomic E-state index is 0.818. The number of nitrogens with one attached hydrogen (secondary N) is 2.